The van der Waals surface area contributed by atoms with Crippen molar-refractivity contribution in [1.82, 2.24) is 0 Å². The number of aliphatic hydroxyl groups excluding tert-OH is 1. The molecule has 102 valence electrons. The normalized spacial score (nSPS) is 14.4. The Hall–Kier alpha value is -1.09. The lowest BCUT2D eigenvalue weighted by molar-refractivity contribution is 0.199. The minimum atomic E-state index is -0.661. The van der Waals surface area contributed by atoms with Gasteiger partial charge in [-0.05, 0) is 44.9 Å². The number of hydrogen-bond donors (Lipinski definition) is 1. The molecule has 2 nitrogen and oxygen atoms in total. The average molecular weight is 253 g/mol. The van der Waals surface area contributed by atoms with Crippen molar-refractivity contribution in [3.63, 3.8) is 0 Å². The lowest BCUT2D eigenvalue weighted by atomic mass is 10.0. The molecule has 2 atom stereocenters. The van der Waals surface area contributed by atoms with Crippen LogP contribution in [0.25, 0.3) is 0 Å². The first-order valence-electron chi connectivity index (χ1n) is 6.59. The summed E-state index contributed by atoms with van der Waals surface area (Å²) in [4.78, 5) is 2.12. The zero-order chi connectivity index (χ0) is 13.9. The van der Waals surface area contributed by atoms with Crippen LogP contribution in [0.2, 0.25) is 0 Å². The van der Waals surface area contributed by atoms with Crippen LogP contribution in [-0.2, 0) is 0 Å². The lowest BCUT2D eigenvalue weighted by Gasteiger charge is -2.30. The highest BCUT2D eigenvalue weighted by Gasteiger charge is 2.17. The molecule has 0 saturated heterocycles. The fourth-order valence-electron chi connectivity index (χ4n) is 2.17. The SMILES string of the molecule is CCCC(C)N(C)c1cc(C)c(F)cc1C(C)O. The van der Waals surface area contributed by atoms with Gasteiger partial charge in [-0.15, -0.1) is 0 Å². The average Bonchev–Trinajstić information content (AvgIpc) is 2.31. The minimum absolute atomic E-state index is 0.258. The summed E-state index contributed by atoms with van der Waals surface area (Å²) in [6.07, 6.45) is 1.52. The van der Waals surface area contributed by atoms with E-state index in [1.807, 2.05) is 13.1 Å². The van der Waals surface area contributed by atoms with E-state index in [9.17, 15) is 9.50 Å². The van der Waals surface area contributed by atoms with E-state index in [1.165, 1.54) is 6.07 Å². The van der Waals surface area contributed by atoms with E-state index in [-0.39, 0.29) is 5.82 Å². The van der Waals surface area contributed by atoms with E-state index in [0.717, 1.165) is 18.5 Å². The Balaban J connectivity index is 3.17. The first-order valence-corrected chi connectivity index (χ1v) is 6.59. The van der Waals surface area contributed by atoms with Crippen molar-refractivity contribution in [3.05, 3.63) is 29.1 Å². The summed E-state index contributed by atoms with van der Waals surface area (Å²) in [6.45, 7) is 7.72. The molecule has 0 saturated carbocycles. The van der Waals surface area contributed by atoms with Crippen molar-refractivity contribution >= 4 is 5.69 Å². The van der Waals surface area contributed by atoms with Gasteiger partial charge in [0.1, 0.15) is 5.82 Å². The molecule has 1 N–H and O–H groups in total. The molecule has 0 aromatic heterocycles. The Morgan fingerprint density at radius 3 is 2.44 bits per heavy atom. The minimum Gasteiger partial charge on any atom is -0.389 e. The van der Waals surface area contributed by atoms with Gasteiger partial charge in [0.05, 0.1) is 6.10 Å². The van der Waals surface area contributed by atoms with Crippen molar-refractivity contribution < 1.29 is 9.50 Å². The van der Waals surface area contributed by atoms with Crippen LogP contribution in [0, 0.1) is 12.7 Å². The van der Waals surface area contributed by atoms with Gasteiger partial charge in [0.25, 0.3) is 0 Å². The van der Waals surface area contributed by atoms with Gasteiger partial charge in [0.2, 0.25) is 0 Å². The molecule has 0 heterocycles. The third kappa shape index (κ3) is 3.22. The largest absolute Gasteiger partial charge is 0.389 e. The molecule has 0 aliphatic rings. The zero-order valence-electron chi connectivity index (χ0n) is 12.0. The molecule has 2 unspecified atom stereocenters. The fourth-order valence-corrected chi connectivity index (χ4v) is 2.17. The molecule has 0 radical (unpaired) electrons. The van der Waals surface area contributed by atoms with Crippen LogP contribution < -0.4 is 4.90 Å². The summed E-state index contributed by atoms with van der Waals surface area (Å²) in [7, 11) is 2.00. The molecular weight excluding hydrogens is 229 g/mol. The molecule has 18 heavy (non-hydrogen) atoms. The fraction of sp³-hybridized carbons (Fsp3) is 0.600. The van der Waals surface area contributed by atoms with E-state index in [4.69, 9.17) is 0 Å². The molecule has 1 aromatic carbocycles. The van der Waals surface area contributed by atoms with Gasteiger partial charge >= 0.3 is 0 Å². The Labute approximate surface area is 109 Å². The number of aryl methyl sites for hydroxylation is 1. The van der Waals surface area contributed by atoms with Crippen LogP contribution in [0.15, 0.2) is 12.1 Å². The highest BCUT2D eigenvalue weighted by Crippen LogP contribution is 2.30. The second-order valence-electron chi connectivity index (χ2n) is 5.08. The molecule has 0 amide bonds. The van der Waals surface area contributed by atoms with E-state index < -0.39 is 6.10 Å². The van der Waals surface area contributed by atoms with Crippen LogP contribution >= 0.6 is 0 Å². The smallest absolute Gasteiger partial charge is 0.126 e. The predicted octanol–water partition coefficient (Wildman–Crippen LogP) is 3.81. The van der Waals surface area contributed by atoms with Crippen LogP contribution in [-0.4, -0.2) is 18.2 Å². The van der Waals surface area contributed by atoms with Crippen LogP contribution in [0.3, 0.4) is 0 Å². The van der Waals surface area contributed by atoms with Crippen molar-refractivity contribution in [2.75, 3.05) is 11.9 Å². The third-order valence-electron chi connectivity index (χ3n) is 3.51. The molecule has 0 bridgehead atoms. The molecule has 0 aliphatic carbocycles. The van der Waals surface area contributed by atoms with Gasteiger partial charge in [0.15, 0.2) is 0 Å². The standard InChI is InChI=1S/C15H24FNO/c1-6-7-11(3)17(5)15-8-10(2)14(16)9-13(15)12(4)18/h8-9,11-12,18H,6-7H2,1-5H3. The van der Waals surface area contributed by atoms with E-state index in [2.05, 4.69) is 18.7 Å². The summed E-state index contributed by atoms with van der Waals surface area (Å²) in [5, 5.41) is 9.79. The predicted molar refractivity (Wildman–Crippen MR) is 74.5 cm³/mol. The second kappa shape index (κ2) is 6.19. The first kappa shape index (κ1) is 15.0. The number of rotatable bonds is 5. The second-order valence-corrected chi connectivity index (χ2v) is 5.08. The number of benzene rings is 1. The van der Waals surface area contributed by atoms with E-state index in [0.29, 0.717) is 17.2 Å². The quantitative estimate of drug-likeness (QED) is 0.862. The number of anilines is 1. The van der Waals surface area contributed by atoms with Gasteiger partial charge in [-0.3, -0.25) is 0 Å². The number of halogens is 1. The summed E-state index contributed by atoms with van der Waals surface area (Å²) in [5.74, 6) is -0.258. The molecule has 3 heteroatoms. The van der Waals surface area contributed by atoms with Crippen molar-refractivity contribution in [1.29, 1.82) is 0 Å². The Kier molecular flexibility index (Phi) is 5.15. The summed E-state index contributed by atoms with van der Waals surface area (Å²) >= 11 is 0. The lowest BCUT2D eigenvalue weighted by Crippen LogP contribution is -2.29. The van der Waals surface area contributed by atoms with Crippen molar-refractivity contribution in [2.24, 2.45) is 0 Å². The molecule has 0 aliphatic heterocycles. The molecule has 0 spiro atoms. The number of hydrogen-bond acceptors (Lipinski definition) is 2. The van der Waals surface area contributed by atoms with Gasteiger partial charge < -0.3 is 10.0 Å². The topological polar surface area (TPSA) is 23.5 Å². The number of nitrogens with zero attached hydrogens (tertiary/aromatic N) is 1. The molecule has 0 fully saturated rings. The number of aliphatic hydroxyl groups is 1. The highest BCUT2D eigenvalue weighted by molar-refractivity contribution is 5.56. The zero-order valence-corrected chi connectivity index (χ0v) is 12.0. The monoisotopic (exact) mass is 253 g/mol. The van der Waals surface area contributed by atoms with Gasteiger partial charge in [-0.25, -0.2) is 4.39 Å². The van der Waals surface area contributed by atoms with Crippen LogP contribution in [0.4, 0.5) is 10.1 Å². The maximum atomic E-state index is 13.6. The molecule has 1 rings (SSSR count). The first-order chi connectivity index (χ1) is 8.38. The molecular formula is C15H24FNO. The Morgan fingerprint density at radius 1 is 1.33 bits per heavy atom. The van der Waals surface area contributed by atoms with Crippen molar-refractivity contribution in [3.8, 4) is 0 Å². The van der Waals surface area contributed by atoms with Crippen molar-refractivity contribution in [2.45, 2.75) is 52.7 Å². The van der Waals surface area contributed by atoms with Crippen LogP contribution in [0.5, 0.6) is 0 Å². The summed E-state index contributed by atoms with van der Waals surface area (Å²) in [6, 6.07) is 3.64. The maximum Gasteiger partial charge on any atom is 0.126 e. The van der Waals surface area contributed by atoms with Crippen LogP contribution in [0.1, 0.15) is 50.8 Å². The van der Waals surface area contributed by atoms with Gasteiger partial charge in [-0.2, -0.15) is 0 Å². The van der Waals surface area contributed by atoms with Gasteiger partial charge in [0, 0.05) is 24.3 Å². The highest BCUT2D eigenvalue weighted by atomic mass is 19.1. The Morgan fingerprint density at radius 2 is 1.94 bits per heavy atom. The maximum absolute atomic E-state index is 13.6. The Bertz CT molecular complexity index is 404. The molecule has 1 aromatic rings. The van der Waals surface area contributed by atoms with E-state index in [1.54, 1.807) is 13.8 Å². The summed E-state index contributed by atoms with van der Waals surface area (Å²) in [5.41, 5.74) is 2.19. The van der Waals surface area contributed by atoms with Gasteiger partial charge in [-0.1, -0.05) is 13.3 Å². The third-order valence-corrected chi connectivity index (χ3v) is 3.51. The summed E-state index contributed by atoms with van der Waals surface area (Å²) < 4.78 is 13.6. The van der Waals surface area contributed by atoms with E-state index >= 15 is 0 Å².